The van der Waals surface area contributed by atoms with Crippen LogP contribution in [0.25, 0.3) is 10.2 Å². The number of fused-ring (bicyclic) bond motifs is 1. The van der Waals surface area contributed by atoms with Gasteiger partial charge in [-0.3, -0.25) is 4.79 Å². The highest BCUT2D eigenvalue weighted by atomic mass is 32.2. The van der Waals surface area contributed by atoms with Gasteiger partial charge in [0.2, 0.25) is 5.13 Å². The lowest BCUT2D eigenvalue weighted by molar-refractivity contribution is 0.0531. The van der Waals surface area contributed by atoms with Crippen molar-refractivity contribution in [3.05, 3.63) is 26.6 Å². The van der Waals surface area contributed by atoms with Crippen molar-refractivity contribution in [1.82, 2.24) is 20.2 Å². The fourth-order valence-electron chi connectivity index (χ4n) is 3.29. The van der Waals surface area contributed by atoms with Crippen molar-refractivity contribution >= 4 is 55.8 Å². The quantitative estimate of drug-likeness (QED) is 0.366. The van der Waals surface area contributed by atoms with Gasteiger partial charge in [-0.15, -0.1) is 21.5 Å². The highest BCUT2D eigenvalue weighted by Crippen LogP contribution is 2.37. The second-order valence-corrected chi connectivity index (χ2v) is 10.6. The Morgan fingerprint density at radius 2 is 2.26 bits per heavy atom. The summed E-state index contributed by atoms with van der Waals surface area (Å²) < 4.78 is 11.5. The molecule has 12 heteroatoms. The van der Waals surface area contributed by atoms with E-state index in [1.807, 2.05) is 6.92 Å². The van der Waals surface area contributed by atoms with E-state index in [-0.39, 0.29) is 23.5 Å². The van der Waals surface area contributed by atoms with Gasteiger partial charge in [-0.05, 0) is 39.2 Å². The van der Waals surface area contributed by atoms with Crippen LogP contribution in [-0.4, -0.2) is 52.0 Å². The summed E-state index contributed by atoms with van der Waals surface area (Å²) in [5.74, 6) is 0.103. The van der Waals surface area contributed by atoms with Crippen LogP contribution in [0.3, 0.4) is 0 Å². The van der Waals surface area contributed by atoms with Crippen LogP contribution in [0.1, 0.15) is 53.0 Å². The second kappa shape index (κ2) is 9.63. The molecule has 2 atom stereocenters. The first-order valence-corrected chi connectivity index (χ1v) is 12.5. The Morgan fingerprint density at radius 1 is 1.42 bits per heavy atom. The minimum atomic E-state index is -0.428. The predicted octanol–water partition coefficient (Wildman–Crippen LogP) is 3.77. The number of nitrogens with zero attached hydrogens (tertiary/aromatic N) is 3. The molecule has 0 aliphatic carbocycles. The fourth-order valence-corrected chi connectivity index (χ4v) is 6.33. The van der Waals surface area contributed by atoms with Crippen LogP contribution in [0.4, 0.5) is 5.13 Å². The topological polar surface area (TPSA) is 119 Å². The highest BCUT2D eigenvalue weighted by Gasteiger charge is 2.22. The van der Waals surface area contributed by atoms with Crippen LogP contribution in [0.2, 0.25) is 0 Å². The van der Waals surface area contributed by atoms with E-state index in [1.54, 1.807) is 13.8 Å². The highest BCUT2D eigenvalue weighted by molar-refractivity contribution is 8.01. The van der Waals surface area contributed by atoms with E-state index in [9.17, 15) is 9.59 Å². The van der Waals surface area contributed by atoms with Gasteiger partial charge in [0.1, 0.15) is 15.5 Å². The molecule has 0 saturated carbocycles. The van der Waals surface area contributed by atoms with Crippen LogP contribution < -0.4 is 10.9 Å². The first-order chi connectivity index (χ1) is 15.0. The Hall–Kier alpha value is -2.02. The summed E-state index contributed by atoms with van der Waals surface area (Å²) in [5, 5.41) is 12.7. The zero-order valence-corrected chi connectivity index (χ0v) is 19.8. The van der Waals surface area contributed by atoms with E-state index in [2.05, 4.69) is 25.5 Å². The molecule has 4 rings (SSSR count). The van der Waals surface area contributed by atoms with Crippen LogP contribution >= 0.6 is 34.4 Å². The number of esters is 1. The molecular weight excluding hydrogens is 458 g/mol. The van der Waals surface area contributed by atoms with Crippen LogP contribution in [0.15, 0.2) is 9.13 Å². The number of aromatic nitrogens is 4. The second-order valence-electron chi connectivity index (χ2n) is 7.06. The average molecular weight is 482 g/mol. The summed E-state index contributed by atoms with van der Waals surface area (Å²) in [7, 11) is 0. The van der Waals surface area contributed by atoms with Crippen molar-refractivity contribution in [2.45, 2.75) is 49.3 Å². The van der Waals surface area contributed by atoms with E-state index in [0.717, 1.165) is 35.5 Å². The normalized spacial score (nSPS) is 17.2. The molecule has 166 valence electrons. The summed E-state index contributed by atoms with van der Waals surface area (Å²) in [6, 6.07) is 0. The van der Waals surface area contributed by atoms with Crippen LogP contribution in [0.5, 0.6) is 0 Å². The summed E-state index contributed by atoms with van der Waals surface area (Å²) in [6.45, 7) is 7.26. The zero-order chi connectivity index (χ0) is 22.0. The minimum Gasteiger partial charge on any atom is -0.462 e. The molecule has 0 spiro atoms. The number of anilines is 1. The number of hydrogen-bond acceptors (Lipinski definition) is 11. The number of carbonyl (C=O) groups is 1. The summed E-state index contributed by atoms with van der Waals surface area (Å²) >= 11 is 4.12. The van der Waals surface area contributed by atoms with Crippen molar-refractivity contribution in [2.75, 3.05) is 25.1 Å². The van der Waals surface area contributed by atoms with Gasteiger partial charge < -0.3 is 19.8 Å². The van der Waals surface area contributed by atoms with Crippen molar-refractivity contribution in [1.29, 1.82) is 0 Å². The minimum absolute atomic E-state index is 0.149. The number of thiophene rings is 1. The number of nitrogens with one attached hydrogen (secondary N) is 2. The van der Waals surface area contributed by atoms with E-state index in [4.69, 9.17) is 9.47 Å². The molecule has 1 aliphatic rings. The molecule has 9 nitrogen and oxygen atoms in total. The molecule has 31 heavy (non-hydrogen) atoms. The molecule has 0 bridgehead atoms. The summed E-state index contributed by atoms with van der Waals surface area (Å²) in [6.07, 6.45) is 2.39. The first-order valence-electron chi connectivity index (χ1n) is 10.0. The van der Waals surface area contributed by atoms with Crippen molar-refractivity contribution in [3.8, 4) is 0 Å². The molecular formula is C19H23N5O4S3. The Balaban J connectivity index is 1.48. The van der Waals surface area contributed by atoms with Gasteiger partial charge in [0.05, 0.1) is 23.3 Å². The van der Waals surface area contributed by atoms with Crippen molar-refractivity contribution in [3.63, 3.8) is 0 Å². The molecule has 0 aromatic carbocycles. The maximum absolute atomic E-state index is 12.7. The van der Waals surface area contributed by atoms with Crippen LogP contribution in [-0.2, 0) is 9.47 Å². The summed E-state index contributed by atoms with van der Waals surface area (Å²) in [4.78, 5) is 33.3. The average Bonchev–Trinajstić information content (AvgIpc) is 3.47. The number of aromatic amines is 1. The monoisotopic (exact) mass is 481 g/mol. The molecule has 0 radical (unpaired) electrons. The van der Waals surface area contributed by atoms with E-state index < -0.39 is 5.97 Å². The van der Waals surface area contributed by atoms with Crippen molar-refractivity contribution < 1.29 is 14.3 Å². The van der Waals surface area contributed by atoms with Gasteiger partial charge in [-0.25, -0.2) is 9.78 Å². The lowest BCUT2D eigenvalue weighted by atomic mass is 10.2. The van der Waals surface area contributed by atoms with Gasteiger partial charge in [-0.1, -0.05) is 23.1 Å². The summed E-state index contributed by atoms with van der Waals surface area (Å²) in [5.41, 5.74) is 0.345. The zero-order valence-electron chi connectivity index (χ0n) is 17.4. The standard InChI is InChI=1S/C19H23N5O4S3/c1-4-27-17(26)13-9(2)12-15(25)21-14(22-16(12)30-13)10(3)29-19-24-23-18(31-19)20-8-11-6-5-7-28-11/h10-11H,4-8H2,1-3H3,(H,20,23)(H,21,22,25)/t10-,11+/m1/s1. The third kappa shape index (κ3) is 4.92. The number of hydrogen-bond donors (Lipinski definition) is 2. The maximum Gasteiger partial charge on any atom is 0.348 e. The van der Waals surface area contributed by atoms with E-state index >= 15 is 0 Å². The molecule has 1 saturated heterocycles. The Morgan fingerprint density at radius 3 is 3.00 bits per heavy atom. The number of aryl methyl sites for hydroxylation is 1. The van der Waals surface area contributed by atoms with Crippen molar-refractivity contribution in [2.24, 2.45) is 0 Å². The van der Waals surface area contributed by atoms with Gasteiger partial charge >= 0.3 is 5.97 Å². The number of H-pyrrole nitrogens is 1. The molecule has 1 aliphatic heterocycles. The van der Waals surface area contributed by atoms with Gasteiger partial charge in [0.25, 0.3) is 5.56 Å². The fraction of sp³-hybridized carbons (Fsp3) is 0.526. The lowest BCUT2D eigenvalue weighted by Crippen LogP contribution is -2.18. The van der Waals surface area contributed by atoms with E-state index in [0.29, 0.717) is 26.5 Å². The van der Waals surface area contributed by atoms with Crippen LogP contribution in [0, 0.1) is 6.92 Å². The molecule has 3 aromatic heterocycles. The number of thioether (sulfide) groups is 1. The van der Waals surface area contributed by atoms with Gasteiger partial charge in [0, 0.05) is 13.2 Å². The maximum atomic E-state index is 12.7. The SMILES string of the molecule is CCOC(=O)c1sc2nc([C@@H](C)Sc3nnc(NC[C@@H]4CCCO4)s3)[nH]c(=O)c2c1C. The molecule has 0 unspecified atom stereocenters. The largest absolute Gasteiger partial charge is 0.462 e. The van der Waals surface area contributed by atoms with Gasteiger partial charge in [0.15, 0.2) is 4.34 Å². The molecule has 1 fully saturated rings. The number of rotatable bonds is 8. The van der Waals surface area contributed by atoms with Gasteiger partial charge in [-0.2, -0.15) is 0 Å². The first kappa shape index (κ1) is 22.2. The molecule has 2 N–H and O–H groups in total. The number of ether oxygens (including phenoxy) is 2. The predicted molar refractivity (Wildman–Crippen MR) is 123 cm³/mol. The van der Waals surface area contributed by atoms with E-state index in [1.165, 1.54) is 34.4 Å². The Bertz CT molecular complexity index is 1140. The molecule has 4 heterocycles. The molecule has 0 amide bonds. The molecule has 3 aromatic rings. The third-order valence-corrected chi connectivity index (χ3v) is 8.09. The Kier molecular flexibility index (Phi) is 6.89. The Labute approximate surface area is 191 Å². The third-order valence-electron chi connectivity index (χ3n) is 4.85. The number of carbonyl (C=O) groups excluding carboxylic acids is 1. The smallest absolute Gasteiger partial charge is 0.348 e. The lowest BCUT2D eigenvalue weighted by Gasteiger charge is -2.09.